The number of benzene rings is 6. The molecule has 0 saturated heterocycles. The fourth-order valence-electron chi connectivity index (χ4n) is 12.9. The molecule has 0 atom stereocenters. The smallest absolute Gasteiger partial charge is 0.253 e. The zero-order chi connectivity index (χ0) is 52.2. The van der Waals surface area contributed by atoms with Crippen molar-refractivity contribution in [3.63, 3.8) is 0 Å². The van der Waals surface area contributed by atoms with Gasteiger partial charge in [-0.05, 0) is 180 Å². The van der Waals surface area contributed by atoms with Crippen LogP contribution in [-0.4, -0.2) is 6.71 Å². The minimum absolute atomic E-state index is 0.0128. The van der Waals surface area contributed by atoms with Crippen molar-refractivity contribution in [2.75, 3.05) is 14.7 Å². The lowest BCUT2D eigenvalue weighted by Gasteiger charge is -2.48. The first-order valence-corrected chi connectivity index (χ1v) is 28.2. The lowest BCUT2D eigenvalue weighted by Crippen LogP contribution is -2.63. The van der Waals surface area contributed by atoms with E-state index in [1.165, 1.54) is 90.5 Å². The van der Waals surface area contributed by atoms with Gasteiger partial charge in [0.25, 0.3) is 6.71 Å². The van der Waals surface area contributed by atoms with Crippen molar-refractivity contribution in [1.29, 1.82) is 0 Å². The lowest BCUT2D eigenvalue weighted by atomic mass is 9.32. The molecule has 0 N–H and O–H groups in total. The SMILES string of the molecule is CC(C)(C)c1ccc(N2c3cc(N(c4ccccc4)c4ccccc4)cc4c3B(c3cc5c(cc3N4c3cc(C(C)(C)C)cc(C(C)(C)C)c3)C(C)(C)CCC5(C)C)c3c2sc2c3C(C)(C)CCC2(C)C)cc1. The molecule has 2 aliphatic heterocycles. The Morgan fingerprint density at radius 1 is 0.438 bits per heavy atom. The molecular weight excluding hydrogens is 902 g/mol. The highest BCUT2D eigenvalue weighted by Gasteiger charge is 2.52. The molecule has 7 aromatic rings. The molecule has 0 spiro atoms. The van der Waals surface area contributed by atoms with Crippen LogP contribution in [0.15, 0.2) is 127 Å². The van der Waals surface area contributed by atoms with Gasteiger partial charge in [0.2, 0.25) is 0 Å². The largest absolute Gasteiger partial charge is 0.311 e. The van der Waals surface area contributed by atoms with Gasteiger partial charge >= 0.3 is 0 Å². The Morgan fingerprint density at radius 3 is 1.44 bits per heavy atom. The number of rotatable bonds is 5. The minimum atomic E-state index is -0.0727. The van der Waals surface area contributed by atoms with Gasteiger partial charge < -0.3 is 14.7 Å². The van der Waals surface area contributed by atoms with E-state index in [9.17, 15) is 0 Å². The van der Waals surface area contributed by atoms with Crippen LogP contribution in [0.5, 0.6) is 0 Å². The Kier molecular flexibility index (Phi) is 11.2. The van der Waals surface area contributed by atoms with Crippen molar-refractivity contribution < 1.29 is 0 Å². The second-order valence-electron chi connectivity index (χ2n) is 28.1. The molecule has 73 heavy (non-hydrogen) atoms. The van der Waals surface area contributed by atoms with Crippen molar-refractivity contribution in [1.82, 2.24) is 0 Å². The highest BCUT2D eigenvalue weighted by molar-refractivity contribution is 7.20. The van der Waals surface area contributed by atoms with Crippen LogP contribution in [0.3, 0.4) is 0 Å². The predicted octanol–water partition coefficient (Wildman–Crippen LogP) is 17.9. The molecule has 3 nitrogen and oxygen atoms in total. The summed E-state index contributed by atoms with van der Waals surface area (Å²) in [5.41, 5.74) is 22.7. The Hall–Kier alpha value is -5.52. The molecule has 5 heteroatoms. The van der Waals surface area contributed by atoms with E-state index >= 15 is 0 Å². The normalized spacial score (nSPS) is 18.1. The van der Waals surface area contributed by atoms with Crippen LogP contribution in [0.2, 0.25) is 0 Å². The predicted molar refractivity (Wildman–Crippen MR) is 320 cm³/mol. The van der Waals surface area contributed by atoms with E-state index in [-0.39, 0.29) is 44.6 Å². The molecule has 376 valence electrons. The van der Waals surface area contributed by atoms with Gasteiger partial charge in [-0.3, -0.25) is 0 Å². The molecular formula is C68H80BN3S. The summed E-state index contributed by atoms with van der Waals surface area (Å²) in [6, 6.07) is 49.8. The van der Waals surface area contributed by atoms with Gasteiger partial charge in [0.1, 0.15) is 0 Å². The summed E-state index contributed by atoms with van der Waals surface area (Å²) in [5, 5.41) is 1.38. The van der Waals surface area contributed by atoms with E-state index in [4.69, 9.17) is 0 Å². The molecule has 0 amide bonds. The van der Waals surface area contributed by atoms with Gasteiger partial charge in [-0.2, -0.15) is 0 Å². The highest BCUT2D eigenvalue weighted by atomic mass is 32.1. The quantitative estimate of drug-likeness (QED) is 0.159. The van der Waals surface area contributed by atoms with Crippen LogP contribution in [0.1, 0.15) is 182 Å². The number of fused-ring (bicyclic) bond motifs is 7. The number of nitrogens with zero attached hydrogens (tertiary/aromatic N) is 3. The van der Waals surface area contributed by atoms with Gasteiger partial charge in [-0.15, -0.1) is 11.3 Å². The van der Waals surface area contributed by atoms with Crippen LogP contribution in [0.25, 0.3) is 0 Å². The third-order valence-corrected chi connectivity index (χ3v) is 19.3. The maximum atomic E-state index is 2.74. The fraction of sp³-hybridized carbons (Fsp3) is 0.412. The summed E-state index contributed by atoms with van der Waals surface area (Å²) in [6.07, 6.45) is 4.65. The number of hydrogen-bond donors (Lipinski definition) is 0. The third kappa shape index (κ3) is 8.12. The fourth-order valence-corrected chi connectivity index (χ4v) is 14.6. The van der Waals surface area contributed by atoms with Crippen LogP contribution in [0.4, 0.5) is 50.5 Å². The highest BCUT2D eigenvalue weighted by Crippen LogP contribution is 2.57. The van der Waals surface area contributed by atoms with Crippen molar-refractivity contribution in [3.05, 3.63) is 166 Å². The van der Waals surface area contributed by atoms with E-state index in [1.807, 2.05) is 0 Å². The molecule has 0 radical (unpaired) electrons. The van der Waals surface area contributed by atoms with Crippen molar-refractivity contribution in [2.45, 2.75) is 181 Å². The third-order valence-electron chi connectivity index (χ3n) is 17.7. The van der Waals surface area contributed by atoms with Crippen molar-refractivity contribution >= 4 is 84.9 Å². The summed E-state index contributed by atoms with van der Waals surface area (Å²) < 4.78 is 0. The van der Waals surface area contributed by atoms with Crippen LogP contribution in [-0.2, 0) is 37.9 Å². The molecule has 0 fully saturated rings. The van der Waals surface area contributed by atoms with Crippen molar-refractivity contribution in [2.24, 2.45) is 0 Å². The first-order chi connectivity index (χ1) is 34.1. The Morgan fingerprint density at radius 2 is 0.918 bits per heavy atom. The second kappa shape index (κ2) is 16.5. The Labute approximate surface area is 444 Å². The van der Waals surface area contributed by atoms with E-state index in [0.29, 0.717) is 0 Å². The maximum Gasteiger partial charge on any atom is 0.253 e. The number of para-hydroxylation sites is 2. The first kappa shape index (κ1) is 49.7. The van der Waals surface area contributed by atoms with Gasteiger partial charge in [-0.1, -0.05) is 178 Å². The van der Waals surface area contributed by atoms with E-state index in [1.54, 1.807) is 10.4 Å². The number of thiophene rings is 1. The average Bonchev–Trinajstić information content (AvgIpc) is 3.75. The average molecular weight is 982 g/mol. The monoisotopic (exact) mass is 982 g/mol. The van der Waals surface area contributed by atoms with Gasteiger partial charge in [0.05, 0.1) is 10.7 Å². The maximum absolute atomic E-state index is 2.74. The summed E-state index contributed by atoms with van der Waals surface area (Å²) in [4.78, 5) is 9.51. The Balaban J connectivity index is 1.35. The molecule has 0 saturated carbocycles. The first-order valence-electron chi connectivity index (χ1n) is 27.4. The molecule has 4 aliphatic rings. The van der Waals surface area contributed by atoms with E-state index < -0.39 is 0 Å². The van der Waals surface area contributed by atoms with Crippen LogP contribution >= 0.6 is 11.3 Å². The second-order valence-corrected chi connectivity index (χ2v) is 29.1. The van der Waals surface area contributed by atoms with Crippen molar-refractivity contribution in [3.8, 4) is 0 Å². The molecule has 0 bridgehead atoms. The minimum Gasteiger partial charge on any atom is -0.311 e. The lowest BCUT2D eigenvalue weighted by molar-refractivity contribution is 0.332. The van der Waals surface area contributed by atoms with Gasteiger partial charge in [0.15, 0.2) is 0 Å². The van der Waals surface area contributed by atoms with E-state index in [2.05, 4.69) is 271 Å². The number of hydrogen-bond acceptors (Lipinski definition) is 4. The standard InChI is InChI=1S/C68H80BN3S/c1-62(2,3)43-28-30-48(31-29-43)72-56-40-50(70(46-24-20-18-21-25-46)47-26-22-19-23-27-47)39-55-58(56)69(59-57-60(73-61(59)72)68(16,17)35-34-67(57,14)15)53-41-51-52(66(12,13)33-32-65(51,10)11)42-54(53)71(55)49-37-44(63(4,5)6)36-45(38-49)64(7,8)9/h18-31,36-42H,32-35H2,1-17H3. The van der Waals surface area contributed by atoms with E-state index in [0.717, 1.165) is 29.9 Å². The molecule has 11 rings (SSSR count). The zero-order valence-electron chi connectivity index (χ0n) is 47.3. The zero-order valence-corrected chi connectivity index (χ0v) is 48.1. The summed E-state index contributed by atoms with van der Waals surface area (Å²) in [5.74, 6) is 0. The summed E-state index contributed by atoms with van der Waals surface area (Å²) in [6.45, 7) is 41.5. The molecule has 3 heterocycles. The summed E-state index contributed by atoms with van der Waals surface area (Å²) >= 11 is 2.09. The molecule has 2 aliphatic carbocycles. The van der Waals surface area contributed by atoms with Gasteiger partial charge in [0, 0.05) is 44.7 Å². The van der Waals surface area contributed by atoms with Gasteiger partial charge in [-0.25, -0.2) is 0 Å². The molecule has 0 unspecified atom stereocenters. The van der Waals surface area contributed by atoms with Crippen LogP contribution < -0.4 is 31.1 Å². The topological polar surface area (TPSA) is 9.72 Å². The molecule has 6 aromatic carbocycles. The molecule has 1 aromatic heterocycles. The number of anilines is 9. The Bertz CT molecular complexity index is 3220. The summed E-state index contributed by atoms with van der Waals surface area (Å²) in [7, 11) is 0. The van der Waals surface area contributed by atoms with Crippen LogP contribution in [0, 0.1) is 0 Å².